The van der Waals surface area contributed by atoms with Gasteiger partial charge in [-0.05, 0) is 12.1 Å². The molecule has 0 saturated carbocycles. The van der Waals surface area contributed by atoms with Crippen LogP contribution in [0.1, 0.15) is 10.4 Å². The minimum absolute atomic E-state index is 0.168. The Balaban J connectivity index is 2.79. The van der Waals surface area contributed by atoms with Gasteiger partial charge in [-0.2, -0.15) is 0 Å². The fourth-order valence-corrected chi connectivity index (χ4v) is 1.21. The van der Waals surface area contributed by atoms with E-state index in [2.05, 4.69) is 0 Å². The molecule has 0 aliphatic heterocycles. The topological polar surface area (TPSA) is 49.8 Å². The van der Waals surface area contributed by atoms with E-state index in [0.29, 0.717) is 5.75 Å². The van der Waals surface area contributed by atoms with E-state index in [1.165, 1.54) is 6.07 Å². The summed E-state index contributed by atoms with van der Waals surface area (Å²) in [4.78, 5) is 10.8. The summed E-state index contributed by atoms with van der Waals surface area (Å²) in [6.07, 6.45) is 0. The van der Waals surface area contributed by atoms with E-state index in [1.807, 2.05) is 14.1 Å². The Bertz CT molecular complexity index is 328. The molecular formula is C9H11NO3S. The molecule has 0 fully saturated rings. The lowest BCUT2D eigenvalue weighted by molar-refractivity contribution is 0.0695. The number of rotatable bonds is 4. The molecule has 1 aromatic rings. The summed E-state index contributed by atoms with van der Waals surface area (Å²) in [7, 11) is 3.63. The van der Waals surface area contributed by atoms with Crippen LogP contribution in [0.5, 0.6) is 5.75 Å². The number of nitrogens with zero attached hydrogens (tertiary/aromatic N) is 1. The molecule has 0 aliphatic rings. The van der Waals surface area contributed by atoms with E-state index in [0.717, 1.165) is 12.2 Å². The third-order valence-corrected chi connectivity index (χ3v) is 1.95. The fourth-order valence-electron chi connectivity index (χ4n) is 0.831. The Morgan fingerprint density at radius 2 is 2.07 bits per heavy atom. The molecule has 0 unspecified atom stereocenters. The number of carboxylic acids is 1. The average Bonchev–Trinajstić information content (AvgIpc) is 2.15. The van der Waals surface area contributed by atoms with Crippen molar-refractivity contribution >= 4 is 18.2 Å². The molecule has 0 spiro atoms. The summed E-state index contributed by atoms with van der Waals surface area (Å²) in [6, 6.07) is 6.53. The molecule has 0 saturated heterocycles. The first kappa shape index (κ1) is 10.9. The fraction of sp³-hybridized carbons (Fsp3) is 0.222. The van der Waals surface area contributed by atoms with Crippen LogP contribution in [0.15, 0.2) is 24.3 Å². The van der Waals surface area contributed by atoms with Gasteiger partial charge in [-0.15, -0.1) is 0 Å². The van der Waals surface area contributed by atoms with Gasteiger partial charge in [0.2, 0.25) is 0 Å². The second kappa shape index (κ2) is 4.88. The predicted molar refractivity (Wildman–Crippen MR) is 55.3 cm³/mol. The van der Waals surface area contributed by atoms with Crippen LogP contribution in [0.3, 0.4) is 0 Å². The highest BCUT2D eigenvalue weighted by Crippen LogP contribution is 2.22. The van der Waals surface area contributed by atoms with Crippen molar-refractivity contribution in [3.05, 3.63) is 29.8 Å². The van der Waals surface area contributed by atoms with Crippen molar-refractivity contribution in [1.29, 1.82) is 0 Å². The number of carbonyl (C=O) groups is 1. The Labute approximate surface area is 86.8 Å². The number of hydrogen-bond acceptors (Lipinski definition) is 4. The van der Waals surface area contributed by atoms with Crippen molar-refractivity contribution in [2.24, 2.45) is 0 Å². The van der Waals surface area contributed by atoms with Crippen LogP contribution in [0, 0.1) is 0 Å². The molecule has 0 amide bonds. The summed E-state index contributed by atoms with van der Waals surface area (Å²) in [5.41, 5.74) is 0.168. The SMILES string of the molecule is CN(C)SOc1ccccc1C(=O)O. The van der Waals surface area contributed by atoms with Gasteiger partial charge >= 0.3 is 5.97 Å². The van der Waals surface area contributed by atoms with Crippen molar-refractivity contribution in [2.45, 2.75) is 0 Å². The van der Waals surface area contributed by atoms with Crippen molar-refractivity contribution in [1.82, 2.24) is 4.31 Å². The molecule has 0 bridgehead atoms. The van der Waals surface area contributed by atoms with E-state index in [9.17, 15) is 4.79 Å². The lowest BCUT2D eigenvalue weighted by Gasteiger charge is -2.10. The van der Waals surface area contributed by atoms with E-state index < -0.39 is 5.97 Å². The molecule has 0 radical (unpaired) electrons. The molecule has 4 nitrogen and oxygen atoms in total. The number of para-hydroxylation sites is 1. The number of hydrogen-bond donors (Lipinski definition) is 1. The molecular weight excluding hydrogens is 202 g/mol. The van der Waals surface area contributed by atoms with Gasteiger partial charge in [0, 0.05) is 14.1 Å². The van der Waals surface area contributed by atoms with Crippen molar-refractivity contribution in [3.63, 3.8) is 0 Å². The number of aromatic carboxylic acids is 1. The predicted octanol–water partition coefficient (Wildman–Crippen LogP) is 1.89. The molecule has 76 valence electrons. The van der Waals surface area contributed by atoms with Gasteiger partial charge < -0.3 is 9.29 Å². The second-order valence-corrected chi connectivity index (χ2v) is 3.82. The van der Waals surface area contributed by atoms with Gasteiger partial charge in [-0.3, -0.25) is 0 Å². The summed E-state index contributed by atoms with van der Waals surface area (Å²) < 4.78 is 6.96. The van der Waals surface area contributed by atoms with Gasteiger partial charge in [0.05, 0.1) is 0 Å². The first-order valence-electron chi connectivity index (χ1n) is 3.95. The van der Waals surface area contributed by atoms with Crippen molar-refractivity contribution in [3.8, 4) is 5.75 Å². The second-order valence-electron chi connectivity index (χ2n) is 2.77. The minimum atomic E-state index is -0.986. The summed E-state index contributed by atoms with van der Waals surface area (Å²) in [5.74, 6) is -0.626. The van der Waals surface area contributed by atoms with E-state index in [-0.39, 0.29) is 5.56 Å². The van der Waals surface area contributed by atoms with Gasteiger partial charge in [-0.25, -0.2) is 9.10 Å². The average molecular weight is 213 g/mol. The van der Waals surface area contributed by atoms with Gasteiger partial charge in [-0.1, -0.05) is 12.1 Å². The minimum Gasteiger partial charge on any atom is -0.478 e. The lowest BCUT2D eigenvalue weighted by atomic mass is 10.2. The quantitative estimate of drug-likeness (QED) is 0.611. The monoisotopic (exact) mass is 213 g/mol. The highest BCUT2D eigenvalue weighted by molar-refractivity contribution is 7.92. The largest absolute Gasteiger partial charge is 0.478 e. The molecule has 1 rings (SSSR count). The van der Waals surface area contributed by atoms with Crippen LogP contribution in [0.25, 0.3) is 0 Å². The lowest BCUT2D eigenvalue weighted by Crippen LogP contribution is -2.05. The van der Waals surface area contributed by atoms with E-state index in [1.54, 1.807) is 22.5 Å². The molecule has 1 aromatic carbocycles. The molecule has 5 heteroatoms. The van der Waals surface area contributed by atoms with Crippen LogP contribution in [-0.2, 0) is 0 Å². The summed E-state index contributed by atoms with van der Waals surface area (Å²) >= 11 is 1.09. The molecule has 0 atom stereocenters. The normalized spacial score (nSPS) is 10.2. The molecule has 14 heavy (non-hydrogen) atoms. The van der Waals surface area contributed by atoms with Crippen LogP contribution >= 0.6 is 12.2 Å². The number of carboxylic acid groups (broad SMARTS) is 1. The van der Waals surface area contributed by atoms with Crippen molar-refractivity contribution < 1.29 is 14.1 Å². The molecule has 1 N–H and O–H groups in total. The molecule has 0 aliphatic carbocycles. The first-order valence-corrected chi connectivity index (χ1v) is 4.65. The molecule has 0 heterocycles. The summed E-state index contributed by atoms with van der Waals surface area (Å²) in [6.45, 7) is 0. The van der Waals surface area contributed by atoms with Crippen LogP contribution < -0.4 is 4.18 Å². The zero-order valence-electron chi connectivity index (χ0n) is 7.93. The maximum absolute atomic E-state index is 10.8. The Morgan fingerprint density at radius 3 is 2.64 bits per heavy atom. The van der Waals surface area contributed by atoms with Gasteiger partial charge in [0.15, 0.2) is 5.75 Å². The third kappa shape index (κ3) is 2.93. The Kier molecular flexibility index (Phi) is 3.79. The maximum atomic E-state index is 10.8. The van der Waals surface area contributed by atoms with Crippen molar-refractivity contribution in [2.75, 3.05) is 14.1 Å². The smallest absolute Gasteiger partial charge is 0.339 e. The highest BCUT2D eigenvalue weighted by atomic mass is 32.2. The zero-order valence-corrected chi connectivity index (χ0v) is 8.75. The zero-order chi connectivity index (χ0) is 10.6. The Hall–Kier alpha value is -1.20. The standard InChI is InChI=1S/C9H11NO3S/c1-10(2)14-13-8-6-4-3-5-7(8)9(11)12/h3-6H,1-2H3,(H,11,12). The van der Waals surface area contributed by atoms with Gasteiger partial charge in [0.25, 0.3) is 0 Å². The van der Waals surface area contributed by atoms with Crippen LogP contribution in [0.2, 0.25) is 0 Å². The van der Waals surface area contributed by atoms with Crippen LogP contribution in [-0.4, -0.2) is 29.5 Å². The van der Waals surface area contributed by atoms with Gasteiger partial charge in [0.1, 0.15) is 17.8 Å². The third-order valence-electron chi connectivity index (χ3n) is 1.39. The van der Waals surface area contributed by atoms with E-state index >= 15 is 0 Å². The first-order chi connectivity index (χ1) is 6.61. The molecule has 0 aromatic heterocycles. The number of benzene rings is 1. The maximum Gasteiger partial charge on any atom is 0.339 e. The highest BCUT2D eigenvalue weighted by Gasteiger charge is 2.10. The van der Waals surface area contributed by atoms with Crippen LogP contribution in [0.4, 0.5) is 0 Å². The summed E-state index contributed by atoms with van der Waals surface area (Å²) in [5, 5.41) is 8.83. The van der Waals surface area contributed by atoms with E-state index in [4.69, 9.17) is 9.29 Å². The Morgan fingerprint density at radius 1 is 1.43 bits per heavy atom.